The third-order valence-electron chi connectivity index (χ3n) is 2.15. The number of aldehydes is 2. The first-order valence-corrected chi connectivity index (χ1v) is 4.40. The highest BCUT2D eigenvalue weighted by molar-refractivity contribution is 5.83. The minimum absolute atomic E-state index is 0.0127. The Morgan fingerprint density at radius 2 is 1.85 bits per heavy atom. The summed E-state index contributed by atoms with van der Waals surface area (Å²) in [5, 5.41) is 2.79. The van der Waals surface area contributed by atoms with Crippen molar-refractivity contribution in [2.75, 3.05) is 0 Å². The van der Waals surface area contributed by atoms with E-state index in [0.717, 1.165) is 25.4 Å². The van der Waals surface area contributed by atoms with Crippen LogP contribution in [0.5, 0.6) is 0 Å². The number of allylic oxidation sites excluding steroid dienone is 2. The summed E-state index contributed by atoms with van der Waals surface area (Å²) >= 11 is 0. The van der Waals surface area contributed by atoms with E-state index < -0.39 is 0 Å². The Kier molecular flexibility index (Phi) is 3.43. The third-order valence-corrected chi connectivity index (χ3v) is 2.15. The van der Waals surface area contributed by atoms with Crippen molar-refractivity contribution < 1.29 is 9.59 Å². The van der Waals surface area contributed by atoms with Crippen molar-refractivity contribution in [1.29, 1.82) is 0 Å². The summed E-state index contributed by atoms with van der Waals surface area (Å²) < 4.78 is 0. The van der Waals surface area contributed by atoms with Crippen molar-refractivity contribution in [3.63, 3.8) is 0 Å². The Bertz CT molecular complexity index is 242. The molecule has 0 aliphatic carbocycles. The van der Waals surface area contributed by atoms with E-state index in [1.165, 1.54) is 0 Å². The Morgan fingerprint density at radius 3 is 2.23 bits per heavy atom. The van der Waals surface area contributed by atoms with Crippen molar-refractivity contribution in [3.8, 4) is 0 Å². The van der Waals surface area contributed by atoms with Gasteiger partial charge in [-0.25, -0.2) is 0 Å². The van der Waals surface area contributed by atoms with Gasteiger partial charge in [-0.15, -0.1) is 0 Å². The number of carbonyl (C=O) groups is 2. The van der Waals surface area contributed by atoms with Gasteiger partial charge >= 0.3 is 0 Å². The number of dihydropyridines is 1. The fourth-order valence-corrected chi connectivity index (χ4v) is 1.48. The van der Waals surface area contributed by atoms with Crippen LogP contribution in [-0.4, -0.2) is 12.6 Å². The van der Waals surface area contributed by atoms with Crippen molar-refractivity contribution in [3.05, 3.63) is 23.5 Å². The van der Waals surface area contributed by atoms with Gasteiger partial charge in [0.15, 0.2) is 0 Å². The summed E-state index contributed by atoms with van der Waals surface area (Å²) in [5.41, 5.74) is 1.32. The van der Waals surface area contributed by atoms with E-state index in [0.29, 0.717) is 11.1 Å². The Balaban J connectivity index is 2.83. The molecule has 0 atom stereocenters. The lowest BCUT2D eigenvalue weighted by atomic mass is 9.88. The van der Waals surface area contributed by atoms with Gasteiger partial charge in [-0.05, 0) is 6.42 Å². The van der Waals surface area contributed by atoms with Crippen LogP contribution in [0.4, 0.5) is 0 Å². The Labute approximate surface area is 77.5 Å². The van der Waals surface area contributed by atoms with Crippen LogP contribution in [0.3, 0.4) is 0 Å². The molecule has 1 heterocycles. The van der Waals surface area contributed by atoms with Gasteiger partial charge in [0.05, 0.1) is 0 Å². The molecule has 0 aromatic carbocycles. The molecule has 1 aliphatic heterocycles. The number of rotatable bonds is 4. The maximum atomic E-state index is 10.7. The summed E-state index contributed by atoms with van der Waals surface area (Å²) in [4.78, 5) is 21.3. The van der Waals surface area contributed by atoms with Crippen LogP contribution in [0.2, 0.25) is 0 Å². The van der Waals surface area contributed by atoms with Gasteiger partial charge in [0, 0.05) is 29.5 Å². The quantitative estimate of drug-likeness (QED) is 0.659. The molecular formula is C10H13NO2. The SMILES string of the molecule is CCCC1C(C=O)=CNC=C1C=O. The van der Waals surface area contributed by atoms with Gasteiger partial charge < -0.3 is 5.32 Å². The normalized spacial score (nSPS) is 17.0. The second kappa shape index (κ2) is 4.60. The molecule has 3 nitrogen and oxygen atoms in total. The van der Waals surface area contributed by atoms with Crippen LogP contribution < -0.4 is 5.32 Å². The highest BCUT2D eigenvalue weighted by Gasteiger charge is 2.19. The molecule has 0 radical (unpaired) electrons. The lowest BCUT2D eigenvalue weighted by molar-refractivity contribution is -0.105. The average molecular weight is 179 g/mol. The molecule has 0 saturated carbocycles. The monoisotopic (exact) mass is 179 g/mol. The van der Waals surface area contributed by atoms with Crippen molar-refractivity contribution in [1.82, 2.24) is 5.32 Å². The summed E-state index contributed by atoms with van der Waals surface area (Å²) in [6.45, 7) is 2.03. The highest BCUT2D eigenvalue weighted by atomic mass is 16.1. The molecule has 70 valence electrons. The van der Waals surface area contributed by atoms with E-state index in [-0.39, 0.29) is 5.92 Å². The summed E-state index contributed by atoms with van der Waals surface area (Å²) in [6.07, 6.45) is 6.73. The fourth-order valence-electron chi connectivity index (χ4n) is 1.48. The topological polar surface area (TPSA) is 46.2 Å². The highest BCUT2D eigenvalue weighted by Crippen LogP contribution is 2.24. The van der Waals surface area contributed by atoms with Crippen molar-refractivity contribution >= 4 is 12.6 Å². The molecule has 0 fully saturated rings. The average Bonchev–Trinajstić information content (AvgIpc) is 2.18. The van der Waals surface area contributed by atoms with Crippen molar-refractivity contribution in [2.24, 2.45) is 5.92 Å². The van der Waals surface area contributed by atoms with Crippen LogP contribution in [-0.2, 0) is 9.59 Å². The number of hydrogen-bond donors (Lipinski definition) is 1. The van der Waals surface area contributed by atoms with E-state index in [1.807, 2.05) is 6.92 Å². The first-order chi connectivity index (χ1) is 6.33. The summed E-state index contributed by atoms with van der Waals surface area (Å²) in [5.74, 6) is -0.0127. The zero-order chi connectivity index (χ0) is 9.68. The molecule has 0 saturated heterocycles. The van der Waals surface area contributed by atoms with Gasteiger partial charge in [0.1, 0.15) is 12.6 Å². The lowest BCUT2D eigenvalue weighted by Crippen LogP contribution is -2.18. The molecule has 0 bridgehead atoms. The van der Waals surface area contributed by atoms with Gasteiger partial charge in [-0.3, -0.25) is 9.59 Å². The Hall–Kier alpha value is -1.38. The Morgan fingerprint density at radius 1 is 1.31 bits per heavy atom. The van der Waals surface area contributed by atoms with E-state index in [2.05, 4.69) is 5.32 Å². The fraction of sp³-hybridized carbons (Fsp3) is 0.400. The molecule has 0 unspecified atom stereocenters. The zero-order valence-electron chi connectivity index (χ0n) is 7.62. The van der Waals surface area contributed by atoms with Crippen LogP contribution in [0.1, 0.15) is 19.8 Å². The molecule has 1 aliphatic rings. The van der Waals surface area contributed by atoms with E-state index in [1.54, 1.807) is 12.4 Å². The van der Waals surface area contributed by atoms with Crippen LogP contribution in [0.25, 0.3) is 0 Å². The molecule has 0 aromatic rings. The predicted molar refractivity (Wildman–Crippen MR) is 49.8 cm³/mol. The molecule has 13 heavy (non-hydrogen) atoms. The van der Waals surface area contributed by atoms with Crippen LogP contribution in [0, 0.1) is 5.92 Å². The molecular weight excluding hydrogens is 166 g/mol. The zero-order valence-corrected chi connectivity index (χ0v) is 7.62. The summed E-state index contributed by atoms with van der Waals surface area (Å²) in [7, 11) is 0. The smallest absolute Gasteiger partial charge is 0.148 e. The van der Waals surface area contributed by atoms with E-state index >= 15 is 0 Å². The first-order valence-electron chi connectivity index (χ1n) is 4.40. The molecule has 0 aromatic heterocycles. The largest absolute Gasteiger partial charge is 0.367 e. The van der Waals surface area contributed by atoms with Gasteiger partial charge in [-0.1, -0.05) is 13.3 Å². The maximum absolute atomic E-state index is 10.7. The van der Waals surface area contributed by atoms with Crippen LogP contribution >= 0.6 is 0 Å². The third kappa shape index (κ3) is 2.05. The predicted octanol–water partition coefficient (Wildman–Crippen LogP) is 1.17. The second-order valence-electron chi connectivity index (χ2n) is 3.03. The number of hydrogen-bond acceptors (Lipinski definition) is 3. The van der Waals surface area contributed by atoms with Gasteiger partial charge in [-0.2, -0.15) is 0 Å². The molecule has 3 heteroatoms. The molecule has 0 amide bonds. The lowest BCUT2D eigenvalue weighted by Gasteiger charge is -2.19. The number of nitrogens with one attached hydrogen (secondary N) is 1. The summed E-state index contributed by atoms with van der Waals surface area (Å²) in [6, 6.07) is 0. The molecule has 1 rings (SSSR count). The standard InChI is InChI=1S/C10H13NO2/c1-2-3-10-8(6-12)4-11-5-9(10)7-13/h4-7,10-11H,2-3H2,1H3. The van der Waals surface area contributed by atoms with Gasteiger partial charge in [0.25, 0.3) is 0 Å². The van der Waals surface area contributed by atoms with E-state index in [4.69, 9.17) is 0 Å². The maximum Gasteiger partial charge on any atom is 0.148 e. The van der Waals surface area contributed by atoms with E-state index in [9.17, 15) is 9.59 Å². The second-order valence-corrected chi connectivity index (χ2v) is 3.03. The molecule has 0 spiro atoms. The van der Waals surface area contributed by atoms with Crippen LogP contribution in [0.15, 0.2) is 23.5 Å². The first kappa shape index (κ1) is 9.71. The molecule has 1 N–H and O–H groups in total. The van der Waals surface area contributed by atoms with Crippen molar-refractivity contribution in [2.45, 2.75) is 19.8 Å². The van der Waals surface area contributed by atoms with Gasteiger partial charge in [0.2, 0.25) is 0 Å². The minimum atomic E-state index is -0.0127. The minimum Gasteiger partial charge on any atom is -0.367 e. The number of carbonyl (C=O) groups excluding carboxylic acids is 2.